The van der Waals surface area contributed by atoms with E-state index >= 15 is 0 Å². The first-order valence-corrected chi connectivity index (χ1v) is 9.54. The largest absolute Gasteiger partial charge is 0.374 e. The van der Waals surface area contributed by atoms with Gasteiger partial charge in [-0.2, -0.15) is 0 Å². The van der Waals surface area contributed by atoms with Crippen molar-refractivity contribution in [3.63, 3.8) is 0 Å². The summed E-state index contributed by atoms with van der Waals surface area (Å²) in [7, 11) is 0. The Bertz CT molecular complexity index is 786. The highest BCUT2D eigenvalue weighted by Crippen LogP contribution is 2.23. The SMILES string of the molecule is O=C(Cc1ccc(F)cc1)NCC1CN(Cc2ccc(Cl)c(Cl)c2)CCO1. The maximum Gasteiger partial charge on any atom is 0.224 e. The van der Waals surface area contributed by atoms with Crippen molar-refractivity contribution in [1.29, 1.82) is 0 Å². The van der Waals surface area contributed by atoms with Crippen molar-refractivity contribution in [1.82, 2.24) is 10.2 Å². The molecule has 4 nitrogen and oxygen atoms in total. The average Bonchev–Trinajstić information content (AvgIpc) is 2.65. The van der Waals surface area contributed by atoms with Crippen molar-refractivity contribution >= 4 is 29.1 Å². The molecule has 3 rings (SSSR count). The van der Waals surface area contributed by atoms with E-state index < -0.39 is 0 Å². The lowest BCUT2D eigenvalue weighted by molar-refractivity contribution is -0.121. The van der Waals surface area contributed by atoms with Gasteiger partial charge in [-0.1, -0.05) is 41.4 Å². The van der Waals surface area contributed by atoms with Gasteiger partial charge in [-0.05, 0) is 35.4 Å². The molecule has 144 valence electrons. The van der Waals surface area contributed by atoms with Crippen molar-refractivity contribution in [3.8, 4) is 0 Å². The van der Waals surface area contributed by atoms with Gasteiger partial charge in [0.2, 0.25) is 5.91 Å². The van der Waals surface area contributed by atoms with Gasteiger partial charge in [-0.25, -0.2) is 4.39 Å². The molecule has 2 aromatic carbocycles. The van der Waals surface area contributed by atoms with Gasteiger partial charge in [-0.15, -0.1) is 0 Å². The summed E-state index contributed by atoms with van der Waals surface area (Å²) in [6.07, 6.45) is 0.152. The van der Waals surface area contributed by atoms with Crippen LogP contribution in [0.3, 0.4) is 0 Å². The first kappa shape index (κ1) is 20.1. The van der Waals surface area contributed by atoms with Gasteiger partial charge >= 0.3 is 0 Å². The summed E-state index contributed by atoms with van der Waals surface area (Å²) in [5, 5.41) is 3.99. The van der Waals surface area contributed by atoms with Gasteiger partial charge < -0.3 is 10.1 Å². The number of ether oxygens (including phenoxy) is 1. The van der Waals surface area contributed by atoms with Gasteiger partial charge in [0.15, 0.2) is 0 Å². The zero-order valence-electron chi connectivity index (χ0n) is 14.8. The van der Waals surface area contributed by atoms with Gasteiger partial charge in [-0.3, -0.25) is 9.69 Å². The van der Waals surface area contributed by atoms with Crippen LogP contribution in [0.15, 0.2) is 42.5 Å². The molecule has 1 fully saturated rings. The molecule has 0 bridgehead atoms. The molecule has 0 radical (unpaired) electrons. The standard InChI is InChI=1S/C20H21Cl2FN2O2/c21-18-6-3-15(9-19(18)22)12-25-7-8-27-17(13-25)11-24-20(26)10-14-1-4-16(23)5-2-14/h1-6,9,17H,7-8,10-13H2,(H,24,26). The predicted molar refractivity (Wildman–Crippen MR) is 105 cm³/mol. The van der Waals surface area contributed by atoms with E-state index in [1.807, 2.05) is 12.1 Å². The molecule has 1 amide bonds. The minimum atomic E-state index is -0.308. The maximum atomic E-state index is 12.9. The van der Waals surface area contributed by atoms with Crippen LogP contribution in [-0.4, -0.2) is 43.2 Å². The second-order valence-corrected chi connectivity index (χ2v) is 7.40. The van der Waals surface area contributed by atoms with E-state index in [4.69, 9.17) is 27.9 Å². The first-order chi connectivity index (χ1) is 13.0. The fourth-order valence-corrected chi connectivity index (χ4v) is 3.34. The molecule has 1 unspecified atom stereocenters. The minimum absolute atomic E-state index is 0.0707. The lowest BCUT2D eigenvalue weighted by Crippen LogP contribution is -2.47. The van der Waals surface area contributed by atoms with Crippen LogP contribution in [0, 0.1) is 5.82 Å². The maximum absolute atomic E-state index is 12.9. The molecule has 1 N–H and O–H groups in total. The molecule has 1 aliphatic heterocycles. The summed E-state index contributed by atoms with van der Waals surface area (Å²) >= 11 is 12.0. The number of carbonyl (C=O) groups is 1. The molecule has 7 heteroatoms. The lowest BCUT2D eigenvalue weighted by Gasteiger charge is -2.33. The normalized spacial score (nSPS) is 17.7. The van der Waals surface area contributed by atoms with Gasteiger partial charge in [0.1, 0.15) is 5.82 Å². The van der Waals surface area contributed by atoms with Gasteiger partial charge in [0, 0.05) is 26.2 Å². The number of nitrogens with zero attached hydrogens (tertiary/aromatic N) is 1. The summed E-state index contributed by atoms with van der Waals surface area (Å²) < 4.78 is 18.7. The second-order valence-electron chi connectivity index (χ2n) is 6.58. The number of morpholine rings is 1. The second kappa shape index (κ2) is 9.51. The Morgan fingerprint density at radius 3 is 2.63 bits per heavy atom. The number of hydrogen-bond acceptors (Lipinski definition) is 3. The third kappa shape index (κ3) is 6.18. The lowest BCUT2D eigenvalue weighted by atomic mass is 10.1. The molecule has 1 heterocycles. The zero-order chi connectivity index (χ0) is 19.2. The van der Waals surface area contributed by atoms with Crippen LogP contribution in [0.2, 0.25) is 10.0 Å². The van der Waals surface area contributed by atoms with Crippen molar-refractivity contribution < 1.29 is 13.9 Å². The van der Waals surface area contributed by atoms with Crippen molar-refractivity contribution in [2.75, 3.05) is 26.2 Å². The van der Waals surface area contributed by atoms with E-state index in [9.17, 15) is 9.18 Å². The number of amides is 1. The van der Waals surface area contributed by atoms with Gasteiger partial charge in [0.05, 0.1) is 29.2 Å². The highest BCUT2D eigenvalue weighted by Gasteiger charge is 2.21. The summed E-state index contributed by atoms with van der Waals surface area (Å²) in [5.41, 5.74) is 1.87. The Labute approximate surface area is 168 Å². The van der Waals surface area contributed by atoms with Crippen molar-refractivity contribution in [2.45, 2.75) is 19.1 Å². The number of benzene rings is 2. The van der Waals surface area contributed by atoms with E-state index in [1.165, 1.54) is 12.1 Å². The quantitative estimate of drug-likeness (QED) is 0.789. The van der Waals surface area contributed by atoms with Crippen LogP contribution >= 0.6 is 23.2 Å². The number of halogens is 3. The third-order valence-corrected chi connectivity index (χ3v) is 5.16. The van der Waals surface area contributed by atoms with Crippen molar-refractivity contribution in [2.24, 2.45) is 0 Å². The Morgan fingerprint density at radius 1 is 1.15 bits per heavy atom. The fourth-order valence-electron chi connectivity index (χ4n) is 3.02. The number of rotatable bonds is 6. The molecule has 1 saturated heterocycles. The Balaban J connectivity index is 1.45. The summed E-state index contributed by atoms with van der Waals surface area (Å²) in [4.78, 5) is 14.3. The molecule has 0 saturated carbocycles. The molecular formula is C20H21Cl2FN2O2. The molecule has 27 heavy (non-hydrogen) atoms. The Hall–Kier alpha value is -1.66. The number of nitrogens with one attached hydrogen (secondary N) is 1. The summed E-state index contributed by atoms with van der Waals surface area (Å²) in [6, 6.07) is 11.6. The molecular weight excluding hydrogens is 390 g/mol. The molecule has 1 aliphatic rings. The molecule has 1 atom stereocenters. The van der Waals surface area contributed by atoms with Crippen LogP contribution in [0.4, 0.5) is 4.39 Å². The highest BCUT2D eigenvalue weighted by atomic mass is 35.5. The van der Waals surface area contributed by atoms with E-state index in [0.717, 1.165) is 30.8 Å². The van der Waals surface area contributed by atoms with Crippen LogP contribution in [-0.2, 0) is 22.5 Å². The number of hydrogen-bond donors (Lipinski definition) is 1. The zero-order valence-corrected chi connectivity index (χ0v) is 16.3. The predicted octanol–water partition coefficient (Wildman–Crippen LogP) is 3.69. The monoisotopic (exact) mass is 410 g/mol. The molecule has 0 aromatic heterocycles. The molecule has 2 aromatic rings. The molecule has 0 aliphatic carbocycles. The topological polar surface area (TPSA) is 41.6 Å². The van der Waals surface area contributed by atoms with Crippen LogP contribution in [0.25, 0.3) is 0 Å². The third-order valence-electron chi connectivity index (χ3n) is 4.42. The average molecular weight is 411 g/mol. The van der Waals surface area contributed by atoms with E-state index in [-0.39, 0.29) is 24.2 Å². The van der Waals surface area contributed by atoms with E-state index in [0.29, 0.717) is 23.2 Å². The smallest absolute Gasteiger partial charge is 0.224 e. The Morgan fingerprint density at radius 2 is 1.89 bits per heavy atom. The Kier molecular flexibility index (Phi) is 7.07. The fraction of sp³-hybridized carbons (Fsp3) is 0.350. The summed E-state index contributed by atoms with van der Waals surface area (Å²) in [6.45, 7) is 3.34. The van der Waals surface area contributed by atoms with Crippen LogP contribution < -0.4 is 5.32 Å². The van der Waals surface area contributed by atoms with Crippen LogP contribution in [0.5, 0.6) is 0 Å². The van der Waals surface area contributed by atoms with E-state index in [2.05, 4.69) is 10.2 Å². The molecule has 0 spiro atoms. The highest BCUT2D eigenvalue weighted by molar-refractivity contribution is 6.42. The van der Waals surface area contributed by atoms with Crippen molar-refractivity contribution in [3.05, 3.63) is 69.5 Å². The minimum Gasteiger partial charge on any atom is -0.374 e. The van der Waals surface area contributed by atoms with Gasteiger partial charge in [0.25, 0.3) is 0 Å². The van der Waals surface area contributed by atoms with Crippen LogP contribution in [0.1, 0.15) is 11.1 Å². The van der Waals surface area contributed by atoms with E-state index in [1.54, 1.807) is 18.2 Å². The first-order valence-electron chi connectivity index (χ1n) is 8.78. The number of carbonyl (C=O) groups excluding carboxylic acids is 1. The summed E-state index contributed by atoms with van der Waals surface area (Å²) in [5.74, 6) is -0.413.